The van der Waals surface area contributed by atoms with Crippen molar-refractivity contribution in [2.45, 2.75) is 13.8 Å². The molecule has 120 valence electrons. The summed E-state index contributed by atoms with van der Waals surface area (Å²) in [6, 6.07) is 16.8. The zero-order valence-corrected chi connectivity index (χ0v) is 14.3. The van der Waals surface area contributed by atoms with Crippen molar-refractivity contribution in [3.63, 3.8) is 0 Å². The molecular formula is C20H17ClN2O. The van der Waals surface area contributed by atoms with Gasteiger partial charge in [-0.1, -0.05) is 29.8 Å². The van der Waals surface area contributed by atoms with E-state index in [0.717, 1.165) is 22.6 Å². The SMILES string of the molecule is Cc1nn(-c2ccccc2)c(C)c1/C=C/C(=O)c1ccc(Cl)cc1. The first-order valence-corrected chi connectivity index (χ1v) is 8.03. The number of halogens is 1. The van der Waals surface area contributed by atoms with Crippen LogP contribution in [0.15, 0.2) is 60.7 Å². The van der Waals surface area contributed by atoms with Crippen LogP contribution < -0.4 is 0 Å². The highest BCUT2D eigenvalue weighted by atomic mass is 35.5. The Morgan fingerprint density at radius 1 is 1.04 bits per heavy atom. The Morgan fingerprint density at radius 2 is 1.71 bits per heavy atom. The molecule has 3 aromatic rings. The highest BCUT2D eigenvalue weighted by Crippen LogP contribution is 2.19. The molecule has 0 aliphatic heterocycles. The summed E-state index contributed by atoms with van der Waals surface area (Å²) in [7, 11) is 0. The first-order valence-electron chi connectivity index (χ1n) is 7.66. The van der Waals surface area contributed by atoms with Crippen LogP contribution >= 0.6 is 11.6 Å². The Labute approximate surface area is 146 Å². The minimum absolute atomic E-state index is 0.0575. The number of ketones is 1. The fraction of sp³-hybridized carbons (Fsp3) is 0.100. The van der Waals surface area contributed by atoms with Crippen LogP contribution in [0.2, 0.25) is 5.02 Å². The van der Waals surface area contributed by atoms with Gasteiger partial charge in [0, 0.05) is 21.8 Å². The van der Waals surface area contributed by atoms with Gasteiger partial charge in [0.1, 0.15) is 0 Å². The number of aromatic nitrogens is 2. The molecule has 0 spiro atoms. The number of hydrogen-bond acceptors (Lipinski definition) is 2. The van der Waals surface area contributed by atoms with Crippen molar-refractivity contribution in [3.8, 4) is 5.69 Å². The first kappa shape index (κ1) is 16.2. The quantitative estimate of drug-likeness (QED) is 0.494. The van der Waals surface area contributed by atoms with E-state index < -0.39 is 0 Å². The summed E-state index contributed by atoms with van der Waals surface area (Å²) < 4.78 is 1.89. The number of rotatable bonds is 4. The Bertz CT molecular complexity index is 893. The fourth-order valence-corrected chi connectivity index (χ4v) is 2.71. The molecule has 24 heavy (non-hydrogen) atoms. The van der Waals surface area contributed by atoms with Gasteiger partial charge in [-0.25, -0.2) is 4.68 Å². The van der Waals surface area contributed by atoms with Crippen LogP contribution in [0.1, 0.15) is 27.3 Å². The molecule has 0 aliphatic carbocycles. The van der Waals surface area contributed by atoms with E-state index in [1.807, 2.05) is 54.9 Å². The summed E-state index contributed by atoms with van der Waals surface area (Å²) in [6.45, 7) is 3.94. The van der Waals surface area contributed by atoms with Gasteiger partial charge in [0.05, 0.1) is 11.4 Å². The van der Waals surface area contributed by atoms with Gasteiger partial charge in [0.15, 0.2) is 5.78 Å². The number of nitrogens with zero attached hydrogens (tertiary/aromatic N) is 2. The summed E-state index contributed by atoms with van der Waals surface area (Å²) >= 11 is 5.85. The third-order valence-electron chi connectivity index (χ3n) is 3.88. The van der Waals surface area contributed by atoms with Crippen LogP contribution in [0.4, 0.5) is 0 Å². The molecule has 0 aliphatic rings. The Balaban J connectivity index is 1.89. The molecule has 0 atom stereocenters. The average molecular weight is 337 g/mol. The summed E-state index contributed by atoms with van der Waals surface area (Å²) in [6.07, 6.45) is 3.41. The summed E-state index contributed by atoms with van der Waals surface area (Å²) in [5, 5.41) is 5.20. The Kier molecular flexibility index (Phi) is 4.63. The lowest BCUT2D eigenvalue weighted by Crippen LogP contribution is -1.98. The highest BCUT2D eigenvalue weighted by molar-refractivity contribution is 6.30. The third kappa shape index (κ3) is 3.31. The van der Waals surface area contributed by atoms with Gasteiger partial charge in [-0.3, -0.25) is 4.79 Å². The predicted molar refractivity (Wildman–Crippen MR) is 97.9 cm³/mol. The molecule has 2 aromatic carbocycles. The third-order valence-corrected chi connectivity index (χ3v) is 4.13. The molecule has 1 aromatic heterocycles. The van der Waals surface area contributed by atoms with E-state index in [1.165, 1.54) is 0 Å². The van der Waals surface area contributed by atoms with Crippen molar-refractivity contribution in [1.29, 1.82) is 0 Å². The maximum atomic E-state index is 12.3. The van der Waals surface area contributed by atoms with Gasteiger partial charge in [-0.15, -0.1) is 0 Å². The van der Waals surface area contributed by atoms with E-state index in [4.69, 9.17) is 11.6 Å². The van der Waals surface area contributed by atoms with Gasteiger partial charge in [-0.2, -0.15) is 5.10 Å². The van der Waals surface area contributed by atoms with Gasteiger partial charge in [0.25, 0.3) is 0 Å². The zero-order valence-electron chi connectivity index (χ0n) is 13.5. The van der Waals surface area contributed by atoms with Gasteiger partial charge >= 0.3 is 0 Å². The maximum Gasteiger partial charge on any atom is 0.185 e. The van der Waals surface area contributed by atoms with Crippen LogP contribution in [0.3, 0.4) is 0 Å². The lowest BCUT2D eigenvalue weighted by atomic mass is 10.1. The number of allylic oxidation sites excluding steroid dienone is 1. The van der Waals surface area contributed by atoms with Crippen LogP contribution in [0, 0.1) is 13.8 Å². The smallest absolute Gasteiger partial charge is 0.185 e. The van der Waals surface area contributed by atoms with Crippen LogP contribution in [-0.2, 0) is 0 Å². The van der Waals surface area contributed by atoms with Crippen molar-refractivity contribution in [1.82, 2.24) is 9.78 Å². The largest absolute Gasteiger partial charge is 0.289 e. The number of para-hydroxylation sites is 1. The van der Waals surface area contributed by atoms with Gasteiger partial charge in [0.2, 0.25) is 0 Å². The van der Waals surface area contributed by atoms with E-state index in [-0.39, 0.29) is 5.78 Å². The van der Waals surface area contributed by atoms with Gasteiger partial charge < -0.3 is 0 Å². The molecule has 0 amide bonds. The second-order valence-electron chi connectivity index (χ2n) is 5.54. The standard InChI is InChI=1S/C20H17ClN2O/c1-14-19(12-13-20(24)16-8-10-17(21)11-9-16)15(2)23(22-14)18-6-4-3-5-7-18/h3-13H,1-2H3/b13-12+. The summed E-state index contributed by atoms with van der Waals surface area (Å²) in [5.74, 6) is -0.0575. The minimum Gasteiger partial charge on any atom is -0.289 e. The Morgan fingerprint density at radius 3 is 2.38 bits per heavy atom. The van der Waals surface area contributed by atoms with Crippen molar-refractivity contribution in [2.75, 3.05) is 0 Å². The van der Waals surface area contributed by atoms with Crippen molar-refractivity contribution >= 4 is 23.5 Å². The minimum atomic E-state index is -0.0575. The molecule has 3 nitrogen and oxygen atoms in total. The van der Waals surface area contributed by atoms with Crippen molar-refractivity contribution < 1.29 is 4.79 Å². The molecule has 0 saturated carbocycles. The molecule has 0 unspecified atom stereocenters. The molecule has 0 bridgehead atoms. The van der Waals surface area contributed by atoms with Crippen molar-refractivity contribution in [3.05, 3.63) is 88.2 Å². The van der Waals surface area contributed by atoms with Gasteiger partial charge in [-0.05, 0) is 62.4 Å². The Hall–Kier alpha value is -2.65. The lowest BCUT2D eigenvalue weighted by Gasteiger charge is -2.03. The monoisotopic (exact) mass is 336 g/mol. The van der Waals surface area contributed by atoms with E-state index in [0.29, 0.717) is 10.6 Å². The molecule has 0 fully saturated rings. The molecule has 3 rings (SSSR count). The molecule has 0 saturated heterocycles. The highest BCUT2D eigenvalue weighted by Gasteiger charge is 2.11. The summed E-state index contributed by atoms with van der Waals surface area (Å²) in [5.41, 5.74) is 4.46. The predicted octanol–water partition coefficient (Wildman–Crippen LogP) is 5.04. The number of hydrogen-bond donors (Lipinski definition) is 0. The number of benzene rings is 2. The maximum absolute atomic E-state index is 12.3. The second-order valence-corrected chi connectivity index (χ2v) is 5.97. The molecule has 0 N–H and O–H groups in total. The fourth-order valence-electron chi connectivity index (χ4n) is 2.59. The average Bonchev–Trinajstić information content (AvgIpc) is 2.88. The molecule has 1 heterocycles. The number of aryl methyl sites for hydroxylation is 1. The van der Waals surface area contributed by atoms with Crippen LogP contribution in [0.25, 0.3) is 11.8 Å². The lowest BCUT2D eigenvalue weighted by molar-refractivity contribution is 0.104. The first-order chi connectivity index (χ1) is 11.6. The number of carbonyl (C=O) groups excluding carboxylic acids is 1. The van der Waals surface area contributed by atoms with Crippen molar-refractivity contribution in [2.24, 2.45) is 0 Å². The number of carbonyl (C=O) groups is 1. The second kappa shape index (κ2) is 6.85. The van der Waals surface area contributed by atoms with E-state index in [1.54, 1.807) is 30.3 Å². The summed E-state index contributed by atoms with van der Waals surface area (Å²) in [4.78, 5) is 12.3. The normalized spacial score (nSPS) is 11.1. The zero-order chi connectivity index (χ0) is 17.1. The molecular weight excluding hydrogens is 320 g/mol. The topological polar surface area (TPSA) is 34.9 Å². The van der Waals surface area contributed by atoms with Crippen LogP contribution in [0.5, 0.6) is 0 Å². The molecule has 4 heteroatoms. The molecule has 0 radical (unpaired) electrons. The van der Waals surface area contributed by atoms with Crippen LogP contribution in [-0.4, -0.2) is 15.6 Å². The van der Waals surface area contributed by atoms with E-state index in [9.17, 15) is 4.79 Å². The van der Waals surface area contributed by atoms with E-state index in [2.05, 4.69) is 5.10 Å². The van der Waals surface area contributed by atoms with E-state index >= 15 is 0 Å².